The third kappa shape index (κ3) is 6.32. The van der Waals surface area contributed by atoms with Gasteiger partial charge in [0.15, 0.2) is 0 Å². The largest absolute Gasteiger partial charge is 0.474 e. The van der Waals surface area contributed by atoms with E-state index < -0.39 is 15.9 Å². The number of rotatable bonds is 4. The number of ether oxygens (including phenoxy) is 1. The Bertz CT molecular complexity index is 1470. The molecular weight excluding hydrogens is 575 g/mol. The third-order valence-corrected chi connectivity index (χ3v) is 8.35. The minimum absolute atomic E-state index is 0.0325. The van der Waals surface area contributed by atoms with Crippen LogP contribution in [0.3, 0.4) is 0 Å². The number of carbonyl (C=O) groups is 2. The fourth-order valence-corrected chi connectivity index (χ4v) is 6.13. The van der Waals surface area contributed by atoms with Crippen LogP contribution in [0.25, 0.3) is 0 Å². The summed E-state index contributed by atoms with van der Waals surface area (Å²) in [4.78, 5) is 27.2. The molecule has 0 bridgehead atoms. The summed E-state index contributed by atoms with van der Waals surface area (Å²) in [5.41, 5.74) is 0.536. The molecule has 200 valence electrons. The molecule has 2 aromatic carbocycles. The molecule has 1 aromatic heterocycles. The molecule has 9 nitrogen and oxygen atoms in total. The number of fused-ring (bicyclic) bond motifs is 1. The van der Waals surface area contributed by atoms with E-state index >= 15 is 0 Å². The van der Waals surface area contributed by atoms with Gasteiger partial charge in [-0.2, -0.15) is 0 Å². The Labute approximate surface area is 235 Å². The van der Waals surface area contributed by atoms with Crippen LogP contribution in [0, 0.1) is 0 Å². The first-order valence-electron chi connectivity index (χ1n) is 11.5. The van der Waals surface area contributed by atoms with Crippen molar-refractivity contribution in [2.24, 2.45) is 0 Å². The van der Waals surface area contributed by atoms with E-state index in [4.69, 9.17) is 39.5 Å². The fourth-order valence-electron chi connectivity index (χ4n) is 3.82. The van der Waals surface area contributed by atoms with Gasteiger partial charge in [0.1, 0.15) is 12.3 Å². The maximum absolute atomic E-state index is 13.2. The number of pyridine rings is 1. The van der Waals surface area contributed by atoms with Crippen LogP contribution in [0.2, 0.25) is 15.1 Å². The highest BCUT2D eigenvalue weighted by molar-refractivity contribution is 7.92. The lowest BCUT2D eigenvalue weighted by atomic mass is 10.2. The molecule has 0 saturated carbocycles. The molecule has 38 heavy (non-hydrogen) atoms. The Kier molecular flexibility index (Phi) is 8.67. The average Bonchev–Trinajstić information content (AvgIpc) is 3.26. The first kappa shape index (κ1) is 28.0. The summed E-state index contributed by atoms with van der Waals surface area (Å²) in [5, 5.41) is 6.09. The first-order chi connectivity index (χ1) is 18.1. The highest BCUT2D eigenvalue weighted by Gasteiger charge is 2.31. The SMILES string of the molecule is CC1CCC(=O)N1.O=C(Nc1cnc2c(c1)N(S(=O)(=O)c1cccc(Cl)c1)CCO2)c1c(Cl)cccc1Cl. The van der Waals surface area contributed by atoms with E-state index in [0.29, 0.717) is 11.1 Å². The number of nitrogens with zero attached hydrogens (tertiary/aromatic N) is 2. The molecule has 1 atom stereocenters. The van der Waals surface area contributed by atoms with Crippen molar-refractivity contribution in [2.75, 3.05) is 22.8 Å². The second-order valence-electron chi connectivity index (χ2n) is 8.49. The van der Waals surface area contributed by atoms with Crippen LogP contribution in [0.4, 0.5) is 11.4 Å². The van der Waals surface area contributed by atoms with Gasteiger partial charge in [0.05, 0.1) is 38.9 Å². The van der Waals surface area contributed by atoms with Crippen LogP contribution in [-0.2, 0) is 14.8 Å². The Morgan fingerprint density at radius 2 is 1.84 bits per heavy atom. The second kappa shape index (κ2) is 11.8. The van der Waals surface area contributed by atoms with Gasteiger partial charge in [-0.05, 0) is 49.7 Å². The van der Waals surface area contributed by atoms with E-state index in [0.717, 1.165) is 12.8 Å². The molecule has 1 saturated heterocycles. The molecule has 3 aromatic rings. The van der Waals surface area contributed by atoms with E-state index in [-0.39, 0.29) is 56.8 Å². The van der Waals surface area contributed by atoms with Crippen molar-refractivity contribution in [3.8, 4) is 5.88 Å². The van der Waals surface area contributed by atoms with Crippen LogP contribution in [-0.4, -0.2) is 44.4 Å². The van der Waals surface area contributed by atoms with Gasteiger partial charge in [0, 0.05) is 17.5 Å². The van der Waals surface area contributed by atoms with Crippen LogP contribution >= 0.6 is 34.8 Å². The Morgan fingerprint density at radius 3 is 2.45 bits per heavy atom. The number of anilines is 2. The maximum Gasteiger partial charge on any atom is 0.264 e. The summed E-state index contributed by atoms with van der Waals surface area (Å²) in [6.45, 7) is 2.21. The highest BCUT2D eigenvalue weighted by atomic mass is 35.5. The van der Waals surface area contributed by atoms with Gasteiger partial charge in [-0.15, -0.1) is 0 Å². The molecule has 1 unspecified atom stereocenters. The maximum atomic E-state index is 13.2. The lowest BCUT2D eigenvalue weighted by Gasteiger charge is -2.30. The molecule has 2 aliphatic heterocycles. The fraction of sp³-hybridized carbons (Fsp3) is 0.240. The summed E-state index contributed by atoms with van der Waals surface area (Å²) in [6, 6.07) is 12.6. The molecule has 2 N–H and O–H groups in total. The van der Waals surface area contributed by atoms with Gasteiger partial charge in [-0.1, -0.05) is 46.9 Å². The van der Waals surface area contributed by atoms with Crippen molar-refractivity contribution < 1.29 is 22.7 Å². The quantitative estimate of drug-likeness (QED) is 0.429. The average molecular weight is 598 g/mol. The van der Waals surface area contributed by atoms with Crippen LogP contribution in [0.1, 0.15) is 30.1 Å². The summed E-state index contributed by atoms with van der Waals surface area (Å²) in [6.07, 6.45) is 3.09. The Balaban J connectivity index is 0.000000417. The zero-order chi connectivity index (χ0) is 27.4. The zero-order valence-corrected chi connectivity index (χ0v) is 23.2. The number of carbonyl (C=O) groups excluding carboxylic acids is 2. The van der Waals surface area contributed by atoms with Crippen molar-refractivity contribution in [3.05, 3.63) is 75.4 Å². The normalized spacial score (nSPS) is 16.5. The molecule has 2 aliphatic rings. The van der Waals surface area contributed by atoms with Gasteiger partial charge in [-0.3, -0.25) is 13.9 Å². The monoisotopic (exact) mass is 596 g/mol. The van der Waals surface area contributed by atoms with Gasteiger partial charge in [0.2, 0.25) is 11.8 Å². The topological polar surface area (TPSA) is 118 Å². The van der Waals surface area contributed by atoms with E-state index in [1.54, 1.807) is 30.3 Å². The van der Waals surface area contributed by atoms with E-state index in [9.17, 15) is 18.0 Å². The molecule has 0 aliphatic carbocycles. The summed E-state index contributed by atoms with van der Waals surface area (Å²) in [7, 11) is -3.93. The molecule has 1 fully saturated rings. The predicted octanol–water partition coefficient (Wildman–Crippen LogP) is 5.17. The van der Waals surface area contributed by atoms with E-state index in [1.165, 1.54) is 28.7 Å². The lowest BCUT2D eigenvalue weighted by Crippen LogP contribution is -2.38. The summed E-state index contributed by atoms with van der Waals surface area (Å²) in [5.74, 6) is -0.226. The second-order valence-corrected chi connectivity index (χ2v) is 11.6. The minimum Gasteiger partial charge on any atom is -0.474 e. The number of aromatic nitrogens is 1. The van der Waals surface area contributed by atoms with Crippen molar-refractivity contribution in [3.63, 3.8) is 0 Å². The highest BCUT2D eigenvalue weighted by Crippen LogP contribution is 2.36. The van der Waals surface area contributed by atoms with Gasteiger partial charge in [-0.25, -0.2) is 13.4 Å². The van der Waals surface area contributed by atoms with Crippen molar-refractivity contribution in [2.45, 2.75) is 30.7 Å². The summed E-state index contributed by atoms with van der Waals surface area (Å²) < 4.78 is 33.1. The number of amides is 2. The first-order valence-corrected chi connectivity index (χ1v) is 14.1. The molecule has 0 radical (unpaired) electrons. The Morgan fingerprint density at radius 1 is 1.13 bits per heavy atom. The van der Waals surface area contributed by atoms with Crippen molar-refractivity contribution >= 4 is 68.0 Å². The molecular formula is C25H23Cl3N4O5S. The molecule has 5 rings (SSSR count). The van der Waals surface area contributed by atoms with Crippen molar-refractivity contribution in [1.82, 2.24) is 10.3 Å². The number of nitrogens with one attached hydrogen (secondary N) is 2. The third-order valence-electron chi connectivity index (χ3n) is 5.68. The number of benzene rings is 2. The minimum atomic E-state index is -3.93. The van der Waals surface area contributed by atoms with E-state index in [1.807, 2.05) is 6.92 Å². The predicted molar refractivity (Wildman–Crippen MR) is 147 cm³/mol. The van der Waals surface area contributed by atoms with Gasteiger partial charge >= 0.3 is 0 Å². The summed E-state index contributed by atoms with van der Waals surface area (Å²) >= 11 is 18.1. The Hall–Kier alpha value is -3.05. The number of hydrogen-bond acceptors (Lipinski definition) is 6. The number of hydrogen-bond donors (Lipinski definition) is 2. The zero-order valence-electron chi connectivity index (χ0n) is 20.1. The number of sulfonamides is 1. The van der Waals surface area contributed by atoms with Gasteiger partial charge < -0.3 is 15.4 Å². The molecule has 3 heterocycles. The molecule has 0 spiro atoms. The van der Waals surface area contributed by atoms with Crippen molar-refractivity contribution in [1.29, 1.82) is 0 Å². The van der Waals surface area contributed by atoms with Crippen LogP contribution in [0.5, 0.6) is 5.88 Å². The smallest absolute Gasteiger partial charge is 0.264 e. The lowest BCUT2D eigenvalue weighted by molar-refractivity contribution is -0.119. The van der Waals surface area contributed by atoms with E-state index in [2.05, 4.69) is 15.6 Å². The molecule has 13 heteroatoms. The molecule has 2 amide bonds. The van der Waals surface area contributed by atoms with Crippen LogP contribution in [0.15, 0.2) is 59.6 Å². The standard InChI is InChI=1S/C20H14Cl3N3O4S.C5H9NO/c21-12-3-1-4-14(9-12)31(28,29)26-7-8-30-20-17(26)10-13(11-24-20)25-19(27)18-15(22)5-2-6-16(18)23;1-4-2-3-5(7)6-4/h1-6,9-11H,7-8H2,(H,25,27);4H,2-3H2,1H3,(H,6,7). The number of halogens is 3. The van der Waals surface area contributed by atoms with Crippen LogP contribution < -0.4 is 19.7 Å². The van der Waals surface area contributed by atoms with Gasteiger partial charge in [0.25, 0.3) is 15.9 Å².